The predicted octanol–water partition coefficient (Wildman–Crippen LogP) is 5.47. The zero-order valence-electron chi connectivity index (χ0n) is 20.4. The summed E-state index contributed by atoms with van der Waals surface area (Å²) in [5, 5.41) is 0. The number of carbonyl (C=O) groups is 1. The van der Waals surface area contributed by atoms with Crippen molar-refractivity contribution in [2.45, 2.75) is 31.5 Å². The van der Waals surface area contributed by atoms with Crippen molar-refractivity contribution in [2.75, 3.05) is 11.5 Å². The first-order valence-corrected chi connectivity index (χ1v) is 11.7. The third-order valence-corrected chi connectivity index (χ3v) is 6.62. The summed E-state index contributed by atoms with van der Waals surface area (Å²) in [6.07, 6.45) is 4.64. The molecule has 0 saturated heterocycles. The van der Waals surface area contributed by atoms with Gasteiger partial charge in [0, 0.05) is 31.8 Å². The van der Waals surface area contributed by atoms with Crippen molar-refractivity contribution >= 4 is 11.6 Å². The maximum absolute atomic E-state index is 14.1. The Hall–Kier alpha value is -4.14. The molecule has 190 valence electrons. The van der Waals surface area contributed by atoms with E-state index in [0.717, 1.165) is 27.9 Å². The third kappa shape index (κ3) is 5.07. The van der Waals surface area contributed by atoms with Gasteiger partial charge in [0.25, 0.3) is 0 Å². The molecule has 2 aromatic carbocycles. The fraction of sp³-hybridized carbons (Fsp3) is 0.250. The molecule has 0 N–H and O–H groups in total. The number of fused-ring (bicyclic) bond motifs is 1. The van der Waals surface area contributed by atoms with Crippen molar-refractivity contribution < 1.29 is 22.7 Å². The van der Waals surface area contributed by atoms with Crippen LogP contribution in [-0.2, 0) is 30.2 Å². The minimum atomic E-state index is -4.42. The van der Waals surface area contributed by atoms with Crippen molar-refractivity contribution in [1.82, 2.24) is 14.5 Å². The van der Waals surface area contributed by atoms with Gasteiger partial charge >= 0.3 is 6.18 Å². The average Bonchev–Trinajstić information content (AvgIpc) is 3.31. The summed E-state index contributed by atoms with van der Waals surface area (Å²) >= 11 is 0. The zero-order valence-corrected chi connectivity index (χ0v) is 20.4. The van der Waals surface area contributed by atoms with Crippen LogP contribution < -0.4 is 9.64 Å². The molecule has 1 aliphatic rings. The molecular weight excluding hydrogens is 481 g/mol. The van der Waals surface area contributed by atoms with Gasteiger partial charge in [-0.05, 0) is 65.4 Å². The molecule has 1 unspecified atom stereocenters. The molecule has 5 rings (SSSR count). The Bertz CT molecular complexity index is 1430. The molecule has 0 fully saturated rings. The summed E-state index contributed by atoms with van der Waals surface area (Å²) in [6.45, 7) is 0.971. The first-order valence-electron chi connectivity index (χ1n) is 11.7. The smallest absolute Gasteiger partial charge is 0.422 e. The van der Waals surface area contributed by atoms with Crippen molar-refractivity contribution in [3.8, 4) is 16.9 Å². The molecule has 1 atom stereocenters. The van der Waals surface area contributed by atoms with E-state index in [9.17, 15) is 18.0 Å². The molecule has 6 nitrogen and oxygen atoms in total. The van der Waals surface area contributed by atoms with Crippen molar-refractivity contribution in [2.24, 2.45) is 7.05 Å². The Labute approximate surface area is 212 Å². The van der Waals surface area contributed by atoms with Crippen LogP contribution in [0.25, 0.3) is 11.1 Å². The van der Waals surface area contributed by atoms with Gasteiger partial charge in [-0.1, -0.05) is 24.3 Å². The minimum absolute atomic E-state index is 0.0468. The highest BCUT2D eigenvalue weighted by atomic mass is 19.4. The second-order valence-electron chi connectivity index (χ2n) is 9.49. The zero-order chi connectivity index (χ0) is 26.2. The molecule has 0 bridgehead atoms. The standard InChI is InChI=1S/C28H25F3N4O2/c1-27(12-19-13-32-18-33-14-19)25-11-21(20-4-3-5-24(10-20)37-17-28(29,30)31)6-7-22(25)15-35(26(27)36)23-8-9-34(2)16-23/h3-11,13-14,16,18H,12,15,17H2,1-2H3. The average molecular weight is 507 g/mol. The Morgan fingerprint density at radius 2 is 1.81 bits per heavy atom. The van der Waals surface area contributed by atoms with Gasteiger partial charge in [-0.15, -0.1) is 0 Å². The largest absolute Gasteiger partial charge is 0.484 e. The van der Waals surface area contributed by atoms with Gasteiger partial charge in [0.1, 0.15) is 12.1 Å². The highest BCUT2D eigenvalue weighted by Crippen LogP contribution is 2.41. The second kappa shape index (κ2) is 9.38. The monoisotopic (exact) mass is 506 g/mol. The number of alkyl halides is 3. The molecule has 0 spiro atoms. The topological polar surface area (TPSA) is 60.2 Å². The van der Waals surface area contributed by atoms with Crippen LogP contribution in [0.3, 0.4) is 0 Å². The number of benzene rings is 2. The van der Waals surface area contributed by atoms with Crippen LogP contribution in [0, 0.1) is 0 Å². The van der Waals surface area contributed by atoms with E-state index in [4.69, 9.17) is 4.74 Å². The van der Waals surface area contributed by atoms with E-state index in [2.05, 4.69) is 9.97 Å². The normalized spacial score (nSPS) is 17.5. The number of rotatable bonds is 6. The van der Waals surface area contributed by atoms with E-state index in [1.807, 2.05) is 61.3 Å². The molecule has 3 heterocycles. The fourth-order valence-corrected chi connectivity index (χ4v) is 4.85. The number of hydrogen-bond donors (Lipinski definition) is 0. The predicted molar refractivity (Wildman–Crippen MR) is 133 cm³/mol. The molecule has 0 aliphatic carbocycles. The molecule has 2 aromatic heterocycles. The maximum Gasteiger partial charge on any atom is 0.422 e. The lowest BCUT2D eigenvalue weighted by Gasteiger charge is -2.41. The second-order valence-corrected chi connectivity index (χ2v) is 9.49. The summed E-state index contributed by atoms with van der Waals surface area (Å²) in [5.41, 5.74) is 4.07. The van der Waals surface area contributed by atoms with E-state index in [1.54, 1.807) is 29.4 Å². The highest BCUT2D eigenvalue weighted by molar-refractivity contribution is 6.03. The quantitative estimate of drug-likeness (QED) is 0.348. The number of ether oxygens (including phenoxy) is 1. The lowest BCUT2D eigenvalue weighted by molar-refractivity contribution is -0.153. The van der Waals surface area contributed by atoms with Crippen LogP contribution in [0.5, 0.6) is 5.75 Å². The Balaban J connectivity index is 1.56. The summed E-state index contributed by atoms with van der Waals surface area (Å²) < 4.78 is 44.8. The SMILES string of the molecule is Cn1ccc(N2Cc3ccc(-c4cccc(OCC(F)(F)F)c4)cc3C(C)(Cc3cncnc3)C2=O)c1. The Kier molecular flexibility index (Phi) is 6.23. The van der Waals surface area contributed by atoms with E-state index in [0.29, 0.717) is 18.5 Å². The Morgan fingerprint density at radius 1 is 1.05 bits per heavy atom. The highest BCUT2D eigenvalue weighted by Gasteiger charge is 2.44. The molecule has 37 heavy (non-hydrogen) atoms. The number of halogens is 3. The molecule has 4 aromatic rings. The van der Waals surface area contributed by atoms with Crippen molar-refractivity contribution in [1.29, 1.82) is 0 Å². The summed E-state index contributed by atoms with van der Waals surface area (Å²) in [4.78, 5) is 24.1. The lowest BCUT2D eigenvalue weighted by atomic mass is 9.71. The van der Waals surface area contributed by atoms with Crippen LogP contribution in [0.1, 0.15) is 23.6 Å². The number of aryl methyl sites for hydroxylation is 1. The van der Waals surface area contributed by atoms with Gasteiger partial charge in [-0.2, -0.15) is 13.2 Å². The first kappa shape index (κ1) is 24.5. The summed E-state index contributed by atoms with van der Waals surface area (Å²) in [7, 11) is 1.91. The molecule has 0 radical (unpaired) electrons. The van der Waals surface area contributed by atoms with Gasteiger partial charge in [0.15, 0.2) is 6.61 Å². The first-order chi connectivity index (χ1) is 17.6. The number of aromatic nitrogens is 3. The number of amides is 1. The van der Waals surface area contributed by atoms with Crippen LogP contribution in [0.15, 0.2) is 79.6 Å². The van der Waals surface area contributed by atoms with E-state index >= 15 is 0 Å². The number of anilines is 1. The van der Waals surface area contributed by atoms with E-state index < -0.39 is 18.2 Å². The molecular formula is C28H25F3N4O2. The number of hydrogen-bond acceptors (Lipinski definition) is 4. The summed E-state index contributed by atoms with van der Waals surface area (Å²) in [6, 6.07) is 14.3. The molecule has 0 saturated carbocycles. The van der Waals surface area contributed by atoms with Crippen molar-refractivity contribution in [3.05, 3.63) is 96.3 Å². The maximum atomic E-state index is 14.1. The third-order valence-electron chi connectivity index (χ3n) is 6.62. The van der Waals surface area contributed by atoms with Crippen LogP contribution in [0.4, 0.5) is 18.9 Å². The van der Waals surface area contributed by atoms with Gasteiger partial charge in [-0.25, -0.2) is 9.97 Å². The molecule has 1 aliphatic heterocycles. The van der Waals surface area contributed by atoms with Crippen molar-refractivity contribution in [3.63, 3.8) is 0 Å². The summed E-state index contributed by atoms with van der Waals surface area (Å²) in [5.74, 6) is 0.0811. The molecule has 1 amide bonds. The van der Waals surface area contributed by atoms with E-state index in [1.165, 1.54) is 12.4 Å². The number of carbonyl (C=O) groups excluding carboxylic acids is 1. The van der Waals surface area contributed by atoms with Gasteiger partial charge in [0.2, 0.25) is 5.91 Å². The van der Waals surface area contributed by atoms with Gasteiger partial charge in [-0.3, -0.25) is 4.79 Å². The molecule has 9 heteroatoms. The van der Waals surface area contributed by atoms with Gasteiger partial charge in [0.05, 0.1) is 17.6 Å². The lowest BCUT2D eigenvalue weighted by Crippen LogP contribution is -2.50. The van der Waals surface area contributed by atoms with E-state index in [-0.39, 0.29) is 11.7 Å². The van der Waals surface area contributed by atoms with Crippen LogP contribution in [0.2, 0.25) is 0 Å². The van der Waals surface area contributed by atoms with Gasteiger partial charge < -0.3 is 14.2 Å². The van der Waals surface area contributed by atoms with Crippen LogP contribution in [-0.4, -0.2) is 33.2 Å². The minimum Gasteiger partial charge on any atom is -0.484 e. The number of nitrogens with zero attached hydrogens (tertiary/aromatic N) is 4. The Morgan fingerprint density at radius 3 is 2.51 bits per heavy atom. The fourth-order valence-electron chi connectivity index (χ4n) is 4.85. The van der Waals surface area contributed by atoms with Crippen LogP contribution >= 0.6 is 0 Å².